The van der Waals surface area contributed by atoms with Gasteiger partial charge < -0.3 is 20.3 Å². The quantitative estimate of drug-likeness (QED) is 0.608. The van der Waals surface area contributed by atoms with Crippen LogP contribution < -0.4 is 10.6 Å². The molecular formula is C17H34ClN3O3. The van der Waals surface area contributed by atoms with E-state index in [1.165, 1.54) is 0 Å². The Morgan fingerprint density at radius 1 is 1.21 bits per heavy atom. The first-order valence-electron chi connectivity index (χ1n) is 8.78. The standard InChI is InChI=1S/C17H33N3O3.ClH/c1-13(2)23-11-5-8-19-16(21)15-6-9-20(10-7-15)17(22)14(3)12-18-4;/h13-15,18H,5-12H2,1-4H3,(H,19,21);1H. The second-order valence-electron chi connectivity index (χ2n) is 6.62. The molecule has 1 atom stereocenters. The highest BCUT2D eigenvalue weighted by molar-refractivity contribution is 5.85. The summed E-state index contributed by atoms with van der Waals surface area (Å²) in [6, 6.07) is 0. The maximum Gasteiger partial charge on any atom is 0.226 e. The molecule has 7 heteroatoms. The molecule has 0 bridgehead atoms. The van der Waals surface area contributed by atoms with Crippen molar-refractivity contribution >= 4 is 24.2 Å². The lowest BCUT2D eigenvalue weighted by Gasteiger charge is -2.33. The molecule has 2 N–H and O–H groups in total. The number of amides is 2. The third kappa shape index (κ3) is 8.31. The Kier molecular flexibility index (Phi) is 12.1. The number of likely N-dealkylation sites (tertiary alicyclic amines) is 1. The van der Waals surface area contributed by atoms with Crippen LogP contribution in [0.5, 0.6) is 0 Å². The Morgan fingerprint density at radius 3 is 2.38 bits per heavy atom. The zero-order valence-corrected chi connectivity index (χ0v) is 16.3. The van der Waals surface area contributed by atoms with Gasteiger partial charge in [0.2, 0.25) is 11.8 Å². The number of hydrogen-bond acceptors (Lipinski definition) is 4. The number of halogens is 1. The third-order valence-corrected chi connectivity index (χ3v) is 4.18. The molecule has 1 heterocycles. The highest BCUT2D eigenvalue weighted by Crippen LogP contribution is 2.19. The predicted octanol–water partition coefficient (Wildman–Crippen LogP) is 1.43. The van der Waals surface area contributed by atoms with Gasteiger partial charge in [0.05, 0.1) is 6.10 Å². The monoisotopic (exact) mass is 363 g/mol. The molecule has 0 aromatic heterocycles. The molecule has 142 valence electrons. The van der Waals surface area contributed by atoms with Crippen LogP contribution in [0.4, 0.5) is 0 Å². The summed E-state index contributed by atoms with van der Waals surface area (Å²) in [5.74, 6) is 0.324. The van der Waals surface area contributed by atoms with Crippen molar-refractivity contribution in [1.82, 2.24) is 15.5 Å². The van der Waals surface area contributed by atoms with Crippen LogP contribution in [0.2, 0.25) is 0 Å². The van der Waals surface area contributed by atoms with E-state index in [-0.39, 0.29) is 42.2 Å². The summed E-state index contributed by atoms with van der Waals surface area (Å²) in [6.45, 7) is 9.34. The van der Waals surface area contributed by atoms with Crippen molar-refractivity contribution < 1.29 is 14.3 Å². The van der Waals surface area contributed by atoms with Crippen LogP contribution in [0.25, 0.3) is 0 Å². The van der Waals surface area contributed by atoms with E-state index in [1.807, 2.05) is 32.7 Å². The second-order valence-corrected chi connectivity index (χ2v) is 6.62. The predicted molar refractivity (Wildman–Crippen MR) is 98.4 cm³/mol. The Bertz CT molecular complexity index is 372. The Morgan fingerprint density at radius 2 is 1.83 bits per heavy atom. The molecular weight excluding hydrogens is 330 g/mol. The Labute approximate surface area is 152 Å². The number of carbonyl (C=O) groups excluding carboxylic acids is 2. The zero-order valence-electron chi connectivity index (χ0n) is 15.5. The minimum Gasteiger partial charge on any atom is -0.379 e. The Hall–Kier alpha value is -0.850. The molecule has 1 rings (SSSR count). The third-order valence-electron chi connectivity index (χ3n) is 4.18. The van der Waals surface area contributed by atoms with E-state index in [0.29, 0.717) is 32.8 Å². The molecule has 24 heavy (non-hydrogen) atoms. The molecule has 0 radical (unpaired) electrons. The summed E-state index contributed by atoms with van der Waals surface area (Å²) in [7, 11) is 1.85. The average Bonchev–Trinajstić information content (AvgIpc) is 2.53. The minimum atomic E-state index is -0.00802. The van der Waals surface area contributed by atoms with Crippen LogP contribution in [0.1, 0.15) is 40.0 Å². The van der Waals surface area contributed by atoms with E-state index < -0.39 is 0 Å². The van der Waals surface area contributed by atoms with Crippen LogP contribution >= 0.6 is 12.4 Å². The number of piperidine rings is 1. The van der Waals surface area contributed by atoms with Crippen molar-refractivity contribution in [3.05, 3.63) is 0 Å². The second kappa shape index (κ2) is 12.5. The molecule has 0 aromatic rings. The fraction of sp³-hybridized carbons (Fsp3) is 0.882. The van der Waals surface area contributed by atoms with Crippen molar-refractivity contribution in [3.63, 3.8) is 0 Å². The van der Waals surface area contributed by atoms with Gasteiger partial charge in [-0.2, -0.15) is 0 Å². The van der Waals surface area contributed by atoms with Crippen molar-refractivity contribution in [2.75, 3.05) is 39.8 Å². The molecule has 1 aliphatic heterocycles. The number of rotatable bonds is 9. The van der Waals surface area contributed by atoms with Gasteiger partial charge in [-0.05, 0) is 40.2 Å². The lowest BCUT2D eigenvalue weighted by Crippen LogP contribution is -2.46. The lowest BCUT2D eigenvalue weighted by atomic mass is 9.95. The van der Waals surface area contributed by atoms with Crippen LogP contribution in [-0.2, 0) is 14.3 Å². The van der Waals surface area contributed by atoms with Crippen molar-refractivity contribution in [3.8, 4) is 0 Å². The van der Waals surface area contributed by atoms with Crippen molar-refractivity contribution in [1.29, 1.82) is 0 Å². The zero-order chi connectivity index (χ0) is 17.2. The van der Waals surface area contributed by atoms with E-state index in [9.17, 15) is 9.59 Å². The van der Waals surface area contributed by atoms with Gasteiger partial charge in [0.15, 0.2) is 0 Å². The average molecular weight is 364 g/mol. The van der Waals surface area contributed by atoms with Gasteiger partial charge in [0, 0.05) is 44.6 Å². The van der Waals surface area contributed by atoms with Crippen LogP contribution in [0.15, 0.2) is 0 Å². The van der Waals surface area contributed by atoms with E-state index in [1.54, 1.807) is 0 Å². The maximum absolute atomic E-state index is 12.2. The first-order chi connectivity index (χ1) is 11.0. The van der Waals surface area contributed by atoms with Crippen molar-refractivity contribution in [2.45, 2.75) is 46.1 Å². The molecule has 0 aliphatic carbocycles. The van der Waals surface area contributed by atoms with E-state index in [0.717, 1.165) is 19.3 Å². The summed E-state index contributed by atoms with van der Waals surface area (Å²) in [4.78, 5) is 26.3. The van der Waals surface area contributed by atoms with Crippen LogP contribution in [0.3, 0.4) is 0 Å². The first kappa shape index (κ1) is 23.1. The topological polar surface area (TPSA) is 70.7 Å². The molecule has 1 unspecified atom stereocenters. The molecule has 2 amide bonds. The summed E-state index contributed by atoms with van der Waals surface area (Å²) in [6.07, 6.45) is 2.58. The molecule has 1 saturated heterocycles. The normalized spacial score (nSPS) is 16.6. The largest absolute Gasteiger partial charge is 0.379 e. The Balaban J connectivity index is 0.00000529. The number of nitrogens with zero attached hydrogens (tertiary/aromatic N) is 1. The smallest absolute Gasteiger partial charge is 0.226 e. The SMILES string of the molecule is CNCC(C)C(=O)N1CCC(C(=O)NCCCOC(C)C)CC1.Cl. The molecule has 0 saturated carbocycles. The number of ether oxygens (including phenoxy) is 1. The number of carbonyl (C=O) groups is 2. The summed E-state index contributed by atoms with van der Waals surface area (Å²) in [5, 5.41) is 6.01. The fourth-order valence-electron chi connectivity index (χ4n) is 2.81. The maximum atomic E-state index is 12.2. The van der Waals surface area contributed by atoms with Gasteiger partial charge in [-0.3, -0.25) is 9.59 Å². The van der Waals surface area contributed by atoms with E-state index >= 15 is 0 Å². The summed E-state index contributed by atoms with van der Waals surface area (Å²) < 4.78 is 5.45. The van der Waals surface area contributed by atoms with Crippen molar-refractivity contribution in [2.24, 2.45) is 11.8 Å². The molecule has 0 aromatic carbocycles. The molecule has 6 nitrogen and oxygen atoms in total. The molecule has 1 fully saturated rings. The van der Waals surface area contributed by atoms with Gasteiger partial charge in [0.25, 0.3) is 0 Å². The fourth-order valence-corrected chi connectivity index (χ4v) is 2.81. The molecule has 0 spiro atoms. The van der Waals surface area contributed by atoms with Crippen LogP contribution in [0, 0.1) is 11.8 Å². The lowest BCUT2D eigenvalue weighted by molar-refractivity contribution is -0.138. The highest BCUT2D eigenvalue weighted by atomic mass is 35.5. The van der Waals surface area contributed by atoms with Gasteiger partial charge in [-0.25, -0.2) is 0 Å². The first-order valence-corrected chi connectivity index (χ1v) is 8.78. The molecule has 1 aliphatic rings. The van der Waals surface area contributed by atoms with Gasteiger partial charge in [-0.1, -0.05) is 6.92 Å². The van der Waals surface area contributed by atoms with Gasteiger partial charge in [0.1, 0.15) is 0 Å². The summed E-state index contributed by atoms with van der Waals surface area (Å²) >= 11 is 0. The summed E-state index contributed by atoms with van der Waals surface area (Å²) in [5.41, 5.74) is 0. The van der Waals surface area contributed by atoms with Crippen LogP contribution in [-0.4, -0.2) is 62.7 Å². The number of hydrogen-bond donors (Lipinski definition) is 2. The van der Waals surface area contributed by atoms with E-state index in [2.05, 4.69) is 10.6 Å². The highest BCUT2D eigenvalue weighted by Gasteiger charge is 2.28. The minimum absolute atomic E-state index is 0. The number of nitrogens with one attached hydrogen (secondary N) is 2. The van der Waals surface area contributed by atoms with Gasteiger partial charge in [-0.15, -0.1) is 12.4 Å². The van der Waals surface area contributed by atoms with E-state index in [4.69, 9.17) is 4.74 Å². The van der Waals surface area contributed by atoms with Gasteiger partial charge >= 0.3 is 0 Å².